The Bertz CT molecular complexity index is 926. The molecule has 3 rings (SSSR count). The van der Waals surface area contributed by atoms with Crippen molar-refractivity contribution in [1.29, 1.82) is 0 Å². The van der Waals surface area contributed by atoms with E-state index in [4.69, 9.17) is 0 Å². The Morgan fingerprint density at radius 3 is 2.67 bits per heavy atom. The van der Waals surface area contributed by atoms with E-state index in [9.17, 15) is 4.79 Å². The fourth-order valence-corrected chi connectivity index (χ4v) is 4.42. The average Bonchev–Trinajstić information content (AvgIpc) is 3.09. The number of rotatable bonds is 5. The van der Waals surface area contributed by atoms with Crippen LogP contribution in [0.3, 0.4) is 0 Å². The lowest BCUT2D eigenvalue weighted by molar-refractivity contribution is 0.245. The van der Waals surface area contributed by atoms with Crippen LogP contribution in [0.2, 0.25) is 0 Å². The van der Waals surface area contributed by atoms with Crippen LogP contribution in [0.1, 0.15) is 46.2 Å². The molecule has 24 heavy (non-hydrogen) atoms. The van der Waals surface area contributed by atoms with E-state index in [1.165, 1.54) is 20.7 Å². The minimum absolute atomic E-state index is 0.118. The number of thiazole rings is 1. The van der Waals surface area contributed by atoms with Gasteiger partial charge in [-0.1, -0.05) is 18.3 Å². The Labute approximate surface area is 148 Å². The van der Waals surface area contributed by atoms with Crippen molar-refractivity contribution in [2.45, 2.75) is 46.7 Å². The molecule has 0 radical (unpaired) electrons. The summed E-state index contributed by atoms with van der Waals surface area (Å²) < 4.78 is 1.39. The summed E-state index contributed by atoms with van der Waals surface area (Å²) in [5.74, 6) is 0. The molecule has 8 heteroatoms. The molecule has 3 aromatic rings. The molecule has 0 saturated carbocycles. The Morgan fingerprint density at radius 2 is 2.04 bits per heavy atom. The van der Waals surface area contributed by atoms with Gasteiger partial charge in [0.1, 0.15) is 5.01 Å². The highest BCUT2D eigenvalue weighted by Crippen LogP contribution is 2.26. The molecule has 6 nitrogen and oxygen atoms in total. The molecule has 0 aliphatic carbocycles. The zero-order chi connectivity index (χ0) is 17.4. The summed E-state index contributed by atoms with van der Waals surface area (Å²) in [6.45, 7) is 8.89. The van der Waals surface area contributed by atoms with Gasteiger partial charge in [0, 0.05) is 17.5 Å². The first-order chi connectivity index (χ1) is 11.4. The van der Waals surface area contributed by atoms with Gasteiger partial charge in [-0.15, -0.1) is 11.3 Å². The molecule has 0 saturated heterocycles. The van der Waals surface area contributed by atoms with Gasteiger partial charge < -0.3 is 0 Å². The average molecular weight is 364 g/mol. The van der Waals surface area contributed by atoms with Crippen LogP contribution in [0.25, 0.3) is 4.96 Å². The van der Waals surface area contributed by atoms with Gasteiger partial charge in [-0.05, 0) is 34.2 Å². The Balaban J connectivity index is 1.86. The number of hydrogen-bond acceptors (Lipinski definition) is 7. The van der Waals surface area contributed by atoms with E-state index in [2.05, 4.69) is 33.8 Å². The molecule has 0 amide bonds. The summed E-state index contributed by atoms with van der Waals surface area (Å²) in [5.41, 5.74) is 1.75. The fraction of sp³-hybridized carbons (Fsp3) is 0.500. The lowest BCUT2D eigenvalue weighted by Crippen LogP contribution is -2.25. The second kappa shape index (κ2) is 6.70. The topological polar surface area (TPSA) is 63.4 Å². The van der Waals surface area contributed by atoms with Gasteiger partial charge in [-0.25, -0.2) is 9.97 Å². The van der Waals surface area contributed by atoms with Crippen LogP contribution in [0.4, 0.5) is 0 Å². The normalized spacial score (nSPS) is 13.1. The molecule has 0 aromatic carbocycles. The number of nitrogens with zero attached hydrogens (tertiary/aromatic N) is 5. The van der Waals surface area contributed by atoms with E-state index in [0.717, 1.165) is 27.8 Å². The van der Waals surface area contributed by atoms with Crippen molar-refractivity contribution in [3.05, 3.63) is 42.7 Å². The summed E-state index contributed by atoms with van der Waals surface area (Å²) in [7, 11) is 2.03. The summed E-state index contributed by atoms with van der Waals surface area (Å²) in [4.78, 5) is 25.6. The highest BCUT2D eigenvalue weighted by Gasteiger charge is 2.19. The maximum atomic E-state index is 12.2. The number of hydrogen-bond donors (Lipinski definition) is 0. The van der Waals surface area contributed by atoms with E-state index < -0.39 is 0 Å². The van der Waals surface area contributed by atoms with Crippen LogP contribution in [-0.2, 0) is 13.0 Å². The minimum Gasteiger partial charge on any atom is -0.292 e. The van der Waals surface area contributed by atoms with Gasteiger partial charge in [0.2, 0.25) is 4.96 Å². The molecule has 3 aromatic heterocycles. The fourth-order valence-electron chi connectivity index (χ4n) is 2.65. The summed E-state index contributed by atoms with van der Waals surface area (Å²) in [6.07, 6.45) is 0.808. The number of fused-ring (bicyclic) bond motifs is 1. The monoisotopic (exact) mass is 363 g/mol. The molecule has 1 atom stereocenters. The molecule has 1 unspecified atom stereocenters. The first-order valence-corrected chi connectivity index (χ1v) is 9.55. The molecular formula is C16H21N5OS2. The number of aryl methyl sites for hydroxylation is 3. The van der Waals surface area contributed by atoms with Gasteiger partial charge in [-0.3, -0.25) is 9.69 Å². The standard InChI is InChI=1S/C16H21N5OS2/c1-6-13-19-21-14(22)7-12(18-16(21)24-13)8-20(5)9(2)15-10(3)23-11(4)17-15/h7,9H,6,8H2,1-5H3. The van der Waals surface area contributed by atoms with E-state index in [-0.39, 0.29) is 11.6 Å². The molecule has 0 bridgehead atoms. The first kappa shape index (κ1) is 17.2. The van der Waals surface area contributed by atoms with Crippen LogP contribution in [0, 0.1) is 13.8 Å². The molecule has 0 aliphatic heterocycles. The largest absolute Gasteiger partial charge is 0.292 e. The van der Waals surface area contributed by atoms with Crippen molar-refractivity contribution < 1.29 is 0 Å². The quantitative estimate of drug-likeness (QED) is 0.697. The molecular weight excluding hydrogens is 342 g/mol. The number of aromatic nitrogens is 4. The van der Waals surface area contributed by atoms with Crippen molar-refractivity contribution in [1.82, 2.24) is 24.5 Å². The van der Waals surface area contributed by atoms with Crippen molar-refractivity contribution in [3.63, 3.8) is 0 Å². The Kier molecular flexibility index (Phi) is 4.80. The van der Waals surface area contributed by atoms with Gasteiger partial charge >= 0.3 is 0 Å². The molecule has 0 spiro atoms. The molecule has 0 N–H and O–H groups in total. The van der Waals surface area contributed by atoms with Crippen molar-refractivity contribution in [2.24, 2.45) is 0 Å². The third-order valence-electron chi connectivity index (χ3n) is 4.05. The van der Waals surface area contributed by atoms with E-state index in [0.29, 0.717) is 11.5 Å². The minimum atomic E-state index is -0.118. The third-order valence-corrected chi connectivity index (χ3v) is 6.00. The highest BCUT2D eigenvalue weighted by molar-refractivity contribution is 7.16. The Hall–Kier alpha value is -1.64. The van der Waals surface area contributed by atoms with Gasteiger partial charge in [-0.2, -0.15) is 9.61 Å². The smallest absolute Gasteiger partial charge is 0.275 e. The van der Waals surface area contributed by atoms with E-state index >= 15 is 0 Å². The molecule has 3 heterocycles. The van der Waals surface area contributed by atoms with Crippen LogP contribution >= 0.6 is 22.7 Å². The first-order valence-electron chi connectivity index (χ1n) is 7.92. The predicted octanol–water partition coefficient (Wildman–Crippen LogP) is 2.98. The summed E-state index contributed by atoms with van der Waals surface area (Å²) >= 11 is 3.19. The molecule has 0 aliphatic rings. The summed E-state index contributed by atoms with van der Waals surface area (Å²) in [6, 6.07) is 1.75. The third kappa shape index (κ3) is 3.26. The second-order valence-electron chi connectivity index (χ2n) is 5.89. The molecule has 0 fully saturated rings. The van der Waals surface area contributed by atoms with Crippen molar-refractivity contribution in [3.8, 4) is 0 Å². The lowest BCUT2D eigenvalue weighted by Gasteiger charge is -2.23. The highest BCUT2D eigenvalue weighted by atomic mass is 32.1. The van der Waals surface area contributed by atoms with Crippen LogP contribution in [0.5, 0.6) is 0 Å². The zero-order valence-electron chi connectivity index (χ0n) is 14.5. The van der Waals surface area contributed by atoms with Gasteiger partial charge in [0.15, 0.2) is 0 Å². The van der Waals surface area contributed by atoms with Gasteiger partial charge in [0.05, 0.1) is 22.4 Å². The summed E-state index contributed by atoms with van der Waals surface area (Å²) in [5, 5.41) is 6.29. The second-order valence-corrected chi connectivity index (χ2v) is 8.34. The zero-order valence-corrected chi connectivity index (χ0v) is 16.2. The Morgan fingerprint density at radius 1 is 1.29 bits per heavy atom. The lowest BCUT2D eigenvalue weighted by atomic mass is 10.2. The van der Waals surface area contributed by atoms with E-state index in [1.807, 2.05) is 20.9 Å². The van der Waals surface area contributed by atoms with E-state index in [1.54, 1.807) is 17.4 Å². The van der Waals surface area contributed by atoms with Crippen molar-refractivity contribution >= 4 is 27.6 Å². The van der Waals surface area contributed by atoms with Crippen LogP contribution < -0.4 is 5.56 Å². The SMILES string of the molecule is CCc1nn2c(=O)cc(CN(C)C(C)c3nc(C)sc3C)nc2s1. The maximum absolute atomic E-state index is 12.2. The predicted molar refractivity (Wildman–Crippen MR) is 98.0 cm³/mol. The van der Waals surface area contributed by atoms with Gasteiger partial charge in [0.25, 0.3) is 5.56 Å². The van der Waals surface area contributed by atoms with Crippen molar-refractivity contribution in [2.75, 3.05) is 7.05 Å². The van der Waals surface area contributed by atoms with Crippen LogP contribution in [-0.4, -0.2) is 31.5 Å². The molecule has 128 valence electrons. The maximum Gasteiger partial charge on any atom is 0.275 e. The van der Waals surface area contributed by atoms with Crippen LogP contribution in [0.15, 0.2) is 10.9 Å².